The lowest BCUT2D eigenvalue weighted by atomic mass is 10.5. The monoisotopic (exact) mass is 238 g/mol. The average Bonchev–Trinajstić information content (AvgIpc) is 2.53. The number of aryl methyl sites for hydroxylation is 1. The van der Waals surface area contributed by atoms with Gasteiger partial charge in [0.2, 0.25) is 0 Å². The summed E-state index contributed by atoms with van der Waals surface area (Å²) in [6.45, 7) is 1.85. The van der Waals surface area contributed by atoms with Gasteiger partial charge in [-0.2, -0.15) is 5.10 Å². The lowest BCUT2D eigenvalue weighted by Gasteiger charge is -1.98. The van der Waals surface area contributed by atoms with Crippen LogP contribution >= 0.6 is 15.9 Å². The highest BCUT2D eigenvalue weighted by Crippen LogP contribution is 2.10. The first-order valence-corrected chi connectivity index (χ1v) is 4.54. The summed E-state index contributed by atoms with van der Waals surface area (Å²) in [5.74, 6) is 0.759. The van der Waals surface area contributed by atoms with Crippen LogP contribution in [0.15, 0.2) is 29.3 Å². The van der Waals surface area contributed by atoms with E-state index in [1.165, 1.54) is 0 Å². The molecule has 0 saturated heterocycles. The minimum Gasteiger partial charge on any atom is -0.239 e. The van der Waals surface area contributed by atoms with Crippen molar-refractivity contribution in [1.82, 2.24) is 19.7 Å². The Morgan fingerprint density at radius 2 is 1.92 bits per heavy atom. The molecule has 0 N–H and O–H groups in total. The van der Waals surface area contributed by atoms with E-state index in [2.05, 4.69) is 31.0 Å². The summed E-state index contributed by atoms with van der Waals surface area (Å²) in [5.41, 5.74) is 0.858. The average molecular weight is 239 g/mol. The van der Waals surface area contributed by atoms with Gasteiger partial charge in [-0.1, -0.05) is 0 Å². The third-order valence-corrected chi connectivity index (χ3v) is 1.99. The van der Waals surface area contributed by atoms with E-state index in [-0.39, 0.29) is 0 Å². The van der Waals surface area contributed by atoms with Gasteiger partial charge >= 0.3 is 0 Å². The Balaban J connectivity index is 2.41. The predicted molar refractivity (Wildman–Crippen MR) is 51.6 cm³/mol. The second kappa shape index (κ2) is 3.26. The van der Waals surface area contributed by atoms with Gasteiger partial charge in [0.15, 0.2) is 0 Å². The molecule has 0 bridgehead atoms. The summed E-state index contributed by atoms with van der Waals surface area (Å²) in [6, 6.07) is 0. The molecular weight excluding hydrogens is 232 g/mol. The zero-order valence-electron chi connectivity index (χ0n) is 6.98. The van der Waals surface area contributed by atoms with Crippen molar-refractivity contribution in [3.05, 3.63) is 35.1 Å². The second-order valence-corrected chi connectivity index (χ2v) is 3.51. The molecule has 0 unspecified atom stereocenters. The van der Waals surface area contributed by atoms with Crippen LogP contribution in [0, 0.1) is 6.92 Å². The third-order valence-electron chi connectivity index (χ3n) is 1.58. The van der Waals surface area contributed by atoms with Crippen molar-refractivity contribution in [3.8, 4) is 5.69 Å². The molecule has 66 valence electrons. The minimum atomic E-state index is 0.759. The van der Waals surface area contributed by atoms with Gasteiger partial charge < -0.3 is 0 Å². The van der Waals surface area contributed by atoms with Gasteiger partial charge in [-0.05, 0) is 22.9 Å². The molecule has 0 aliphatic heterocycles. The minimum absolute atomic E-state index is 0.759. The van der Waals surface area contributed by atoms with Crippen LogP contribution < -0.4 is 0 Å². The number of halogens is 1. The SMILES string of the molecule is Cc1ncc(-n2cc(Br)cn2)cn1. The van der Waals surface area contributed by atoms with Crippen LogP contribution in [0.5, 0.6) is 0 Å². The molecule has 0 amide bonds. The van der Waals surface area contributed by atoms with Crippen LogP contribution in [0.3, 0.4) is 0 Å². The number of rotatable bonds is 1. The number of hydrogen-bond acceptors (Lipinski definition) is 3. The van der Waals surface area contributed by atoms with Crippen LogP contribution in [0.4, 0.5) is 0 Å². The molecule has 0 aliphatic carbocycles. The van der Waals surface area contributed by atoms with E-state index in [0.29, 0.717) is 0 Å². The fourth-order valence-corrected chi connectivity index (χ4v) is 1.23. The van der Waals surface area contributed by atoms with Crippen molar-refractivity contribution in [2.75, 3.05) is 0 Å². The van der Waals surface area contributed by atoms with Crippen molar-refractivity contribution in [2.45, 2.75) is 6.92 Å². The summed E-state index contributed by atoms with van der Waals surface area (Å²) in [6.07, 6.45) is 7.05. The normalized spacial score (nSPS) is 10.3. The summed E-state index contributed by atoms with van der Waals surface area (Å²) in [7, 11) is 0. The van der Waals surface area contributed by atoms with Crippen molar-refractivity contribution in [2.24, 2.45) is 0 Å². The van der Waals surface area contributed by atoms with E-state index in [9.17, 15) is 0 Å². The highest BCUT2D eigenvalue weighted by atomic mass is 79.9. The van der Waals surface area contributed by atoms with Crippen molar-refractivity contribution < 1.29 is 0 Å². The Morgan fingerprint density at radius 1 is 1.23 bits per heavy atom. The second-order valence-electron chi connectivity index (χ2n) is 2.59. The predicted octanol–water partition coefficient (Wildman–Crippen LogP) is 1.73. The van der Waals surface area contributed by atoms with Gasteiger partial charge in [0, 0.05) is 6.20 Å². The molecule has 2 rings (SSSR count). The van der Waals surface area contributed by atoms with Gasteiger partial charge in [-0.3, -0.25) is 0 Å². The molecule has 0 spiro atoms. The lowest BCUT2D eigenvalue weighted by molar-refractivity contribution is 0.856. The smallest absolute Gasteiger partial charge is 0.125 e. The van der Waals surface area contributed by atoms with Crippen LogP contribution in [0.1, 0.15) is 5.82 Å². The van der Waals surface area contributed by atoms with E-state index in [4.69, 9.17) is 0 Å². The van der Waals surface area contributed by atoms with E-state index in [1.807, 2.05) is 13.1 Å². The molecule has 4 nitrogen and oxygen atoms in total. The molecule has 0 radical (unpaired) electrons. The van der Waals surface area contributed by atoms with E-state index >= 15 is 0 Å². The Morgan fingerprint density at radius 3 is 2.46 bits per heavy atom. The molecule has 0 atom stereocenters. The first-order valence-electron chi connectivity index (χ1n) is 3.75. The molecule has 0 saturated carbocycles. The number of hydrogen-bond donors (Lipinski definition) is 0. The Labute approximate surface area is 83.8 Å². The first-order chi connectivity index (χ1) is 6.25. The largest absolute Gasteiger partial charge is 0.239 e. The Kier molecular flexibility index (Phi) is 2.10. The van der Waals surface area contributed by atoms with Crippen LogP contribution in [-0.2, 0) is 0 Å². The quantitative estimate of drug-likeness (QED) is 0.761. The molecule has 2 aromatic heterocycles. The zero-order chi connectivity index (χ0) is 9.26. The standard InChI is InChI=1S/C8H7BrN4/c1-6-10-3-8(4-11-6)13-5-7(9)2-12-13/h2-5H,1H3. The molecule has 13 heavy (non-hydrogen) atoms. The van der Waals surface area contributed by atoms with Crippen LogP contribution in [0.2, 0.25) is 0 Å². The van der Waals surface area contributed by atoms with Crippen molar-refractivity contribution in [1.29, 1.82) is 0 Å². The third kappa shape index (κ3) is 1.75. The van der Waals surface area contributed by atoms with Crippen LogP contribution in [0.25, 0.3) is 5.69 Å². The number of aromatic nitrogens is 4. The topological polar surface area (TPSA) is 43.6 Å². The van der Waals surface area contributed by atoms with E-state index in [0.717, 1.165) is 16.0 Å². The van der Waals surface area contributed by atoms with Gasteiger partial charge in [-0.15, -0.1) is 0 Å². The Bertz CT molecular complexity index is 406. The van der Waals surface area contributed by atoms with Gasteiger partial charge in [0.05, 0.1) is 23.1 Å². The molecular formula is C8H7BrN4. The summed E-state index contributed by atoms with van der Waals surface area (Å²) in [5, 5.41) is 4.11. The van der Waals surface area contributed by atoms with Gasteiger partial charge in [-0.25, -0.2) is 14.6 Å². The fourth-order valence-electron chi connectivity index (χ4n) is 0.946. The maximum absolute atomic E-state index is 4.11. The van der Waals surface area contributed by atoms with E-state index in [1.54, 1.807) is 23.3 Å². The Hall–Kier alpha value is -1.23. The maximum atomic E-state index is 4.11. The van der Waals surface area contributed by atoms with Gasteiger partial charge in [0.25, 0.3) is 0 Å². The highest BCUT2D eigenvalue weighted by molar-refractivity contribution is 9.10. The lowest BCUT2D eigenvalue weighted by Crippen LogP contribution is -1.97. The molecule has 0 aliphatic rings. The molecule has 0 aromatic carbocycles. The van der Waals surface area contributed by atoms with Crippen LogP contribution in [-0.4, -0.2) is 19.7 Å². The summed E-state index contributed by atoms with van der Waals surface area (Å²) in [4.78, 5) is 8.16. The highest BCUT2D eigenvalue weighted by Gasteiger charge is 1.98. The first kappa shape index (κ1) is 8.37. The van der Waals surface area contributed by atoms with Gasteiger partial charge in [0.1, 0.15) is 11.5 Å². The molecule has 0 fully saturated rings. The van der Waals surface area contributed by atoms with E-state index < -0.39 is 0 Å². The summed E-state index contributed by atoms with van der Waals surface area (Å²) >= 11 is 3.32. The fraction of sp³-hybridized carbons (Fsp3) is 0.125. The molecule has 5 heteroatoms. The maximum Gasteiger partial charge on any atom is 0.125 e. The number of nitrogens with zero attached hydrogens (tertiary/aromatic N) is 4. The molecule has 2 heterocycles. The van der Waals surface area contributed by atoms with Crippen molar-refractivity contribution in [3.63, 3.8) is 0 Å². The molecule has 2 aromatic rings. The van der Waals surface area contributed by atoms with Crippen molar-refractivity contribution >= 4 is 15.9 Å². The zero-order valence-corrected chi connectivity index (χ0v) is 8.56. The summed E-state index contributed by atoms with van der Waals surface area (Å²) < 4.78 is 2.65.